The first-order valence-corrected chi connectivity index (χ1v) is 7.45. The van der Waals surface area contributed by atoms with Crippen LogP contribution in [0.5, 0.6) is 0 Å². The van der Waals surface area contributed by atoms with E-state index in [0.29, 0.717) is 6.54 Å². The Kier molecular flexibility index (Phi) is 3.84. The van der Waals surface area contributed by atoms with E-state index in [4.69, 9.17) is 11.6 Å². The molecule has 3 rings (SSSR count). The number of hydrogen-bond donors (Lipinski definition) is 1. The molecule has 4 heteroatoms. The van der Waals surface area contributed by atoms with Crippen molar-refractivity contribution in [1.82, 2.24) is 4.90 Å². The monoisotopic (exact) mass is 300 g/mol. The van der Waals surface area contributed by atoms with Gasteiger partial charge in [-0.25, -0.2) is 0 Å². The lowest BCUT2D eigenvalue weighted by Crippen LogP contribution is -2.22. The summed E-state index contributed by atoms with van der Waals surface area (Å²) < 4.78 is 0. The predicted molar refractivity (Wildman–Crippen MR) is 85.6 cm³/mol. The van der Waals surface area contributed by atoms with E-state index in [1.54, 1.807) is 0 Å². The molecule has 0 spiro atoms. The van der Waals surface area contributed by atoms with Crippen molar-refractivity contribution in [2.75, 3.05) is 11.9 Å². The van der Waals surface area contributed by atoms with Gasteiger partial charge in [0.1, 0.15) is 0 Å². The summed E-state index contributed by atoms with van der Waals surface area (Å²) in [5.74, 6) is 0.127. The zero-order valence-corrected chi connectivity index (χ0v) is 12.7. The summed E-state index contributed by atoms with van der Waals surface area (Å²) >= 11 is 5.87. The molecule has 0 fully saturated rings. The van der Waals surface area contributed by atoms with Crippen LogP contribution >= 0.6 is 11.6 Å². The smallest absolute Gasteiger partial charge is 0.254 e. The zero-order valence-electron chi connectivity index (χ0n) is 11.9. The first-order valence-electron chi connectivity index (χ1n) is 7.08. The van der Waals surface area contributed by atoms with Gasteiger partial charge in [0.25, 0.3) is 5.91 Å². The first kappa shape index (κ1) is 14.0. The molecule has 108 valence electrons. The van der Waals surface area contributed by atoms with Gasteiger partial charge in [0.2, 0.25) is 0 Å². The van der Waals surface area contributed by atoms with Gasteiger partial charge < -0.3 is 10.2 Å². The molecule has 3 nitrogen and oxygen atoms in total. The van der Waals surface area contributed by atoms with E-state index in [0.717, 1.165) is 40.5 Å². The van der Waals surface area contributed by atoms with E-state index in [2.05, 4.69) is 5.32 Å². The lowest BCUT2D eigenvalue weighted by molar-refractivity contribution is 0.0787. The average molecular weight is 301 g/mol. The van der Waals surface area contributed by atoms with Crippen LogP contribution in [0.2, 0.25) is 5.02 Å². The Morgan fingerprint density at radius 3 is 2.67 bits per heavy atom. The maximum absolute atomic E-state index is 12.2. The van der Waals surface area contributed by atoms with E-state index >= 15 is 0 Å². The van der Waals surface area contributed by atoms with Gasteiger partial charge in [-0.15, -0.1) is 0 Å². The number of carbonyl (C=O) groups excluding carboxylic acids is 1. The molecule has 0 atom stereocenters. The van der Waals surface area contributed by atoms with E-state index in [1.807, 2.05) is 54.3 Å². The van der Waals surface area contributed by atoms with Gasteiger partial charge in [-0.1, -0.05) is 29.8 Å². The molecule has 0 aromatic heterocycles. The van der Waals surface area contributed by atoms with Gasteiger partial charge >= 0.3 is 0 Å². The molecule has 1 aliphatic rings. The quantitative estimate of drug-likeness (QED) is 0.928. The van der Waals surface area contributed by atoms with Crippen molar-refractivity contribution in [3.63, 3.8) is 0 Å². The van der Waals surface area contributed by atoms with Crippen molar-refractivity contribution in [2.24, 2.45) is 0 Å². The lowest BCUT2D eigenvalue weighted by atomic mass is 10.1. The fourth-order valence-electron chi connectivity index (χ4n) is 2.53. The Hall–Kier alpha value is -2.00. The number of carbonyl (C=O) groups is 1. The Bertz CT molecular complexity index is 667. The van der Waals surface area contributed by atoms with E-state index in [1.165, 1.54) is 0 Å². The van der Waals surface area contributed by atoms with Crippen molar-refractivity contribution in [1.29, 1.82) is 0 Å². The molecule has 0 saturated carbocycles. The third kappa shape index (κ3) is 2.88. The summed E-state index contributed by atoms with van der Waals surface area (Å²) in [6, 6.07) is 13.8. The molecule has 0 saturated heterocycles. The van der Waals surface area contributed by atoms with Crippen LogP contribution in [0.1, 0.15) is 28.4 Å². The molecule has 0 bridgehead atoms. The highest BCUT2D eigenvalue weighted by Gasteiger charge is 2.25. The van der Waals surface area contributed by atoms with Crippen LogP contribution in [-0.2, 0) is 13.1 Å². The van der Waals surface area contributed by atoms with Crippen molar-refractivity contribution in [3.8, 4) is 0 Å². The van der Waals surface area contributed by atoms with Crippen LogP contribution in [0.3, 0.4) is 0 Å². The summed E-state index contributed by atoms with van der Waals surface area (Å²) in [4.78, 5) is 14.0. The number of amides is 1. The molecule has 1 amide bonds. The van der Waals surface area contributed by atoms with Gasteiger partial charge in [0.15, 0.2) is 0 Å². The maximum atomic E-state index is 12.2. The van der Waals surface area contributed by atoms with Crippen LogP contribution in [0, 0.1) is 0 Å². The van der Waals surface area contributed by atoms with Crippen molar-refractivity contribution < 1.29 is 4.79 Å². The fourth-order valence-corrected chi connectivity index (χ4v) is 2.66. The summed E-state index contributed by atoms with van der Waals surface area (Å²) in [7, 11) is 0. The van der Waals surface area contributed by atoms with E-state index in [9.17, 15) is 4.79 Å². The molecule has 0 unspecified atom stereocenters. The number of nitrogens with one attached hydrogen (secondary N) is 1. The lowest BCUT2D eigenvalue weighted by Gasteiger charge is -2.10. The fraction of sp³-hybridized carbons (Fsp3) is 0.235. The number of nitrogens with zero attached hydrogens (tertiary/aromatic N) is 1. The van der Waals surface area contributed by atoms with Crippen LogP contribution in [-0.4, -0.2) is 17.4 Å². The number of anilines is 1. The number of hydrogen-bond acceptors (Lipinski definition) is 2. The van der Waals surface area contributed by atoms with Crippen molar-refractivity contribution in [3.05, 3.63) is 64.2 Å². The summed E-state index contributed by atoms with van der Waals surface area (Å²) in [6.07, 6.45) is 0. The number of halogens is 1. The third-order valence-electron chi connectivity index (χ3n) is 3.78. The zero-order chi connectivity index (χ0) is 14.8. The second-order valence-corrected chi connectivity index (χ2v) is 5.61. The summed E-state index contributed by atoms with van der Waals surface area (Å²) in [5, 5.41) is 4.09. The largest absolute Gasteiger partial charge is 0.381 e. The van der Waals surface area contributed by atoms with Crippen molar-refractivity contribution in [2.45, 2.75) is 20.0 Å². The first-order chi connectivity index (χ1) is 10.2. The predicted octanol–water partition coefficient (Wildman–Crippen LogP) is 3.93. The second-order valence-electron chi connectivity index (χ2n) is 5.17. The number of rotatable bonds is 4. The molecule has 1 aliphatic heterocycles. The Morgan fingerprint density at radius 1 is 1.19 bits per heavy atom. The number of benzene rings is 2. The summed E-state index contributed by atoms with van der Waals surface area (Å²) in [6.45, 7) is 4.19. The van der Waals surface area contributed by atoms with Gasteiger partial charge in [-0.3, -0.25) is 4.79 Å². The van der Waals surface area contributed by atoms with Crippen molar-refractivity contribution >= 4 is 23.2 Å². The topological polar surface area (TPSA) is 32.3 Å². The molecule has 2 aromatic carbocycles. The van der Waals surface area contributed by atoms with Crippen LogP contribution < -0.4 is 5.32 Å². The van der Waals surface area contributed by atoms with Gasteiger partial charge in [0, 0.05) is 35.9 Å². The molecular formula is C17H17ClN2O. The normalized spacial score (nSPS) is 13.4. The molecule has 0 radical (unpaired) electrons. The summed E-state index contributed by atoms with van der Waals surface area (Å²) in [5.41, 5.74) is 4.05. The highest BCUT2D eigenvalue weighted by Crippen LogP contribution is 2.25. The Balaban J connectivity index is 1.72. The van der Waals surface area contributed by atoms with Crippen LogP contribution in [0.25, 0.3) is 0 Å². The SMILES string of the molecule is CCN1Cc2ccc(NCc3ccc(Cl)cc3)cc2C1=O. The maximum Gasteiger partial charge on any atom is 0.254 e. The van der Waals surface area contributed by atoms with Crippen LogP contribution in [0.15, 0.2) is 42.5 Å². The molecule has 0 aliphatic carbocycles. The molecule has 21 heavy (non-hydrogen) atoms. The molecule has 1 N–H and O–H groups in total. The highest BCUT2D eigenvalue weighted by atomic mass is 35.5. The van der Waals surface area contributed by atoms with E-state index in [-0.39, 0.29) is 5.91 Å². The minimum atomic E-state index is 0.127. The van der Waals surface area contributed by atoms with Gasteiger partial charge in [-0.05, 0) is 42.3 Å². The van der Waals surface area contributed by atoms with Gasteiger partial charge in [0.05, 0.1) is 0 Å². The Labute approximate surface area is 129 Å². The molecule has 2 aromatic rings. The Morgan fingerprint density at radius 2 is 1.95 bits per heavy atom. The highest BCUT2D eigenvalue weighted by molar-refractivity contribution is 6.30. The molecule has 1 heterocycles. The minimum Gasteiger partial charge on any atom is -0.381 e. The standard InChI is InChI=1S/C17H17ClN2O/c1-2-20-11-13-5-8-15(9-16(13)17(20)21)19-10-12-3-6-14(18)7-4-12/h3-9,19H,2,10-11H2,1H3. The average Bonchev–Trinajstić information content (AvgIpc) is 2.83. The molecular weight excluding hydrogens is 284 g/mol. The van der Waals surface area contributed by atoms with Gasteiger partial charge in [-0.2, -0.15) is 0 Å². The third-order valence-corrected chi connectivity index (χ3v) is 4.03. The van der Waals surface area contributed by atoms with Crippen LogP contribution in [0.4, 0.5) is 5.69 Å². The minimum absolute atomic E-state index is 0.127. The second kappa shape index (κ2) is 5.78. The number of fused-ring (bicyclic) bond motifs is 1. The van der Waals surface area contributed by atoms with E-state index < -0.39 is 0 Å².